The lowest BCUT2D eigenvalue weighted by Gasteiger charge is -2.03. The number of aryl methyl sites for hydroxylation is 2. The zero-order chi connectivity index (χ0) is 13.7. The predicted octanol–water partition coefficient (Wildman–Crippen LogP) is 0.231. The molecular weight excluding hydrogens is 248 g/mol. The van der Waals surface area contributed by atoms with Gasteiger partial charge in [0.15, 0.2) is 22.7 Å². The van der Waals surface area contributed by atoms with Crippen LogP contribution in [0.15, 0.2) is 32.4 Å². The summed E-state index contributed by atoms with van der Waals surface area (Å²) in [5, 5.41) is 0. The van der Waals surface area contributed by atoms with E-state index in [0.29, 0.717) is 22.7 Å². The summed E-state index contributed by atoms with van der Waals surface area (Å²) in [4.78, 5) is 28.4. The van der Waals surface area contributed by atoms with Crippen LogP contribution in [0.2, 0.25) is 0 Å². The molecule has 3 aromatic rings. The largest absolute Gasteiger partial charge is 0.461 e. The summed E-state index contributed by atoms with van der Waals surface area (Å²) in [7, 11) is 4.76. The highest BCUT2D eigenvalue weighted by molar-refractivity contribution is 5.75. The summed E-state index contributed by atoms with van der Waals surface area (Å²) in [6, 6.07) is 3.50. The van der Waals surface area contributed by atoms with Gasteiger partial charge in [-0.25, -0.2) is 9.78 Å². The van der Waals surface area contributed by atoms with Crippen molar-refractivity contribution >= 4 is 11.2 Å². The second-order valence-electron chi connectivity index (χ2n) is 4.35. The monoisotopic (exact) mass is 260 g/mol. The molecule has 0 saturated heterocycles. The third kappa shape index (κ3) is 1.41. The van der Waals surface area contributed by atoms with Gasteiger partial charge < -0.3 is 8.98 Å². The topological polar surface area (TPSA) is 75.0 Å². The number of hydrogen-bond acceptors (Lipinski definition) is 4. The normalized spacial score (nSPS) is 11.3. The fourth-order valence-electron chi connectivity index (χ4n) is 2.14. The van der Waals surface area contributed by atoms with Crippen LogP contribution in [0.3, 0.4) is 0 Å². The van der Waals surface area contributed by atoms with Gasteiger partial charge in [0.2, 0.25) is 0 Å². The van der Waals surface area contributed by atoms with E-state index >= 15 is 0 Å². The third-order valence-corrected chi connectivity index (χ3v) is 3.22. The smallest absolute Gasteiger partial charge is 0.332 e. The Morgan fingerprint density at radius 3 is 2.47 bits per heavy atom. The molecule has 0 N–H and O–H groups in total. The molecule has 98 valence electrons. The van der Waals surface area contributed by atoms with Crippen molar-refractivity contribution in [3.05, 3.63) is 39.2 Å². The van der Waals surface area contributed by atoms with Crippen molar-refractivity contribution < 1.29 is 4.42 Å². The minimum Gasteiger partial charge on any atom is -0.461 e. The molecule has 3 rings (SSSR count). The van der Waals surface area contributed by atoms with Crippen LogP contribution in [0, 0.1) is 0 Å². The molecule has 7 heteroatoms. The van der Waals surface area contributed by atoms with Crippen molar-refractivity contribution in [2.75, 3.05) is 0 Å². The Morgan fingerprint density at radius 1 is 1.11 bits per heavy atom. The quantitative estimate of drug-likeness (QED) is 0.627. The summed E-state index contributed by atoms with van der Waals surface area (Å²) >= 11 is 0. The number of aromatic nitrogens is 4. The second-order valence-corrected chi connectivity index (χ2v) is 4.35. The second kappa shape index (κ2) is 3.71. The maximum Gasteiger partial charge on any atom is 0.332 e. The number of imidazole rings is 1. The van der Waals surface area contributed by atoms with E-state index in [1.54, 1.807) is 30.8 Å². The molecule has 0 spiro atoms. The van der Waals surface area contributed by atoms with Gasteiger partial charge >= 0.3 is 5.69 Å². The Morgan fingerprint density at radius 2 is 1.84 bits per heavy atom. The average Bonchev–Trinajstić information content (AvgIpc) is 3.01. The zero-order valence-electron chi connectivity index (χ0n) is 10.7. The van der Waals surface area contributed by atoms with Crippen molar-refractivity contribution in [3.8, 4) is 11.6 Å². The fourth-order valence-corrected chi connectivity index (χ4v) is 2.14. The standard InChI is InChI=1S/C12H12N4O3/c1-14-8-10(13-9(14)7-5-4-6-19-7)15(2)12(18)16(3)11(8)17/h4-6H,1-3H3. The molecule has 3 aromatic heterocycles. The van der Waals surface area contributed by atoms with Crippen LogP contribution in [0.25, 0.3) is 22.7 Å². The van der Waals surface area contributed by atoms with Crippen molar-refractivity contribution in [1.82, 2.24) is 18.7 Å². The lowest BCUT2D eigenvalue weighted by atomic mass is 10.4. The van der Waals surface area contributed by atoms with Crippen LogP contribution in [0.4, 0.5) is 0 Å². The Kier molecular flexibility index (Phi) is 2.25. The van der Waals surface area contributed by atoms with Gasteiger partial charge in [-0.05, 0) is 12.1 Å². The number of hydrogen-bond donors (Lipinski definition) is 0. The molecule has 0 atom stereocenters. The molecule has 0 aromatic carbocycles. The first-order chi connectivity index (χ1) is 9.02. The summed E-state index contributed by atoms with van der Waals surface area (Å²) in [5.41, 5.74) is -0.0505. The Hall–Kier alpha value is -2.57. The van der Waals surface area contributed by atoms with E-state index in [2.05, 4.69) is 4.98 Å². The molecule has 0 amide bonds. The zero-order valence-corrected chi connectivity index (χ0v) is 10.7. The van der Waals surface area contributed by atoms with Gasteiger partial charge in [-0.3, -0.25) is 13.9 Å². The highest BCUT2D eigenvalue weighted by Gasteiger charge is 2.18. The van der Waals surface area contributed by atoms with Crippen LogP contribution in [0.5, 0.6) is 0 Å². The lowest BCUT2D eigenvalue weighted by Crippen LogP contribution is -2.37. The van der Waals surface area contributed by atoms with Crippen molar-refractivity contribution in [3.63, 3.8) is 0 Å². The molecule has 0 aliphatic carbocycles. The first kappa shape index (κ1) is 11.5. The van der Waals surface area contributed by atoms with Gasteiger partial charge in [0.1, 0.15) is 0 Å². The van der Waals surface area contributed by atoms with Gasteiger partial charge in [-0.1, -0.05) is 0 Å². The van der Waals surface area contributed by atoms with E-state index in [1.807, 2.05) is 0 Å². The first-order valence-corrected chi connectivity index (χ1v) is 5.68. The maximum absolute atomic E-state index is 12.2. The highest BCUT2D eigenvalue weighted by atomic mass is 16.3. The van der Waals surface area contributed by atoms with Gasteiger partial charge in [-0.15, -0.1) is 0 Å². The molecule has 0 bridgehead atoms. The van der Waals surface area contributed by atoms with Crippen LogP contribution in [-0.4, -0.2) is 18.7 Å². The summed E-state index contributed by atoms with van der Waals surface area (Å²) in [5.74, 6) is 1.06. The number of rotatable bonds is 1. The van der Waals surface area contributed by atoms with Gasteiger partial charge in [0, 0.05) is 21.1 Å². The van der Waals surface area contributed by atoms with Crippen LogP contribution < -0.4 is 11.2 Å². The lowest BCUT2D eigenvalue weighted by molar-refractivity contribution is 0.574. The van der Waals surface area contributed by atoms with E-state index < -0.39 is 5.69 Å². The van der Waals surface area contributed by atoms with Gasteiger partial charge in [0.25, 0.3) is 5.56 Å². The predicted molar refractivity (Wildman–Crippen MR) is 68.9 cm³/mol. The van der Waals surface area contributed by atoms with E-state index in [0.717, 1.165) is 4.57 Å². The van der Waals surface area contributed by atoms with Crippen molar-refractivity contribution in [2.24, 2.45) is 21.1 Å². The molecule has 0 unspecified atom stereocenters. The Balaban J connectivity index is 2.53. The molecule has 0 fully saturated rings. The van der Waals surface area contributed by atoms with Crippen LogP contribution >= 0.6 is 0 Å². The number of fused-ring (bicyclic) bond motifs is 1. The number of nitrogens with zero attached hydrogens (tertiary/aromatic N) is 4. The van der Waals surface area contributed by atoms with E-state index in [-0.39, 0.29) is 5.56 Å². The van der Waals surface area contributed by atoms with Crippen molar-refractivity contribution in [2.45, 2.75) is 0 Å². The van der Waals surface area contributed by atoms with Crippen LogP contribution in [0.1, 0.15) is 0 Å². The molecule has 7 nitrogen and oxygen atoms in total. The van der Waals surface area contributed by atoms with Crippen LogP contribution in [-0.2, 0) is 21.1 Å². The molecule has 0 radical (unpaired) electrons. The summed E-state index contributed by atoms with van der Waals surface area (Å²) in [6.45, 7) is 0. The van der Waals surface area contributed by atoms with Gasteiger partial charge in [-0.2, -0.15) is 0 Å². The molecule has 0 aliphatic heterocycles. The number of furan rings is 1. The van der Waals surface area contributed by atoms with Gasteiger partial charge in [0.05, 0.1) is 6.26 Å². The highest BCUT2D eigenvalue weighted by Crippen LogP contribution is 2.21. The SMILES string of the molecule is Cn1c(=O)c2c(nc(-c3ccco3)n2C)n(C)c1=O. The minimum atomic E-state index is -0.401. The molecular formula is C12H12N4O3. The maximum atomic E-state index is 12.2. The molecule has 0 aliphatic rings. The molecule has 19 heavy (non-hydrogen) atoms. The average molecular weight is 260 g/mol. The van der Waals surface area contributed by atoms with E-state index in [4.69, 9.17) is 4.42 Å². The third-order valence-electron chi connectivity index (χ3n) is 3.22. The first-order valence-electron chi connectivity index (χ1n) is 5.68. The summed E-state index contributed by atoms with van der Waals surface area (Å²) < 4.78 is 9.34. The fraction of sp³-hybridized carbons (Fsp3) is 0.250. The van der Waals surface area contributed by atoms with E-state index in [1.165, 1.54) is 17.9 Å². The minimum absolute atomic E-state index is 0.349. The Labute approximate surface area is 107 Å². The van der Waals surface area contributed by atoms with Crippen molar-refractivity contribution in [1.29, 1.82) is 0 Å². The molecule has 3 heterocycles. The van der Waals surface area contributed by atoms with E-state index in [9.17, 15) is 9.59 Å². The summed E-state index contributed by atoms with van der Waals surface area (Å²) in [6.07, 6.45) is 1.53. The molecule has 0 saturated carbocycles. The Bertz CT molecular complexity index is 880.